The van der Waals surface area contributed by atoms with E-state index in [-0.39, 0.29) is 13.2 Å². The van der Waals surface area contributed by atoms with Gasteiger partial charge in [-0.2, -0.15) is 0 Å². The molecule has 1 saturated heterocycles. The Kier molecular flexibility index (Phi) is 11.3. The van der Waals surface area contributed by atoms with Gasteiger partial charge in [0.05, 0.1) is 33.0 Å². The molecule has 0 radical (unpaired) electrons. The molecule has 0 bridgehead atoms. The minimum absolute atomic E-state index is 0.185. The lowest BCUT2D eigenvalue weighted by atomic mass is 9.91. The van der Waals surface area contributed by atoms with Crippen molar-refractivity contribution in [3.05, 3.63) is 156 Å². The summed E-state index contributed by atoms with van der Waals surface area (Å²) in [5.74, 6) is -1.78. The normalized spacial score (nSPS) is 23.9. The molecule has 224 valence electrons. The van der Waals surface area contributed by atoms with Crippen molar-refractivity contribution in [2.75, 3.05) is 6.61 Å². The number of benzene rings is 4. The summed E-state index contributed by atoms with van der Waals surface area (Å²) in [5.41, 5.74) is 4.04. The third-order valence-corrected chi connectivity index (χ3v) is 7.38. The molecule has 6 heteroatoms. The Labute approximate surface area is 254 Å². The van der Waals surface area contributed by atoms with Gasteiger partial charge in [-0.05, 0) is 35.3 Å². The summed E-state index contributed by atoms with van der Waals surface area (Å²) in [6.07, 6.45) is 0.558. The molecule has 5 rings (SSSR count). The molecule has 0 unspecified atom stereocenters. The Hall–Kier alpha value is -3.62. The Bertz CT molecular complexity index is 1370. The molecular weight excluding hydrogens is 540 g/mol. The van der Waals surface area contributed by atoms with Gasteiger partial charge < -0.3 is 28.8 Å². The maximum atomic E-state index is 12.0. The van der Waals surface area contributed by atoms with E-state index in [2.05, 4.69) is 0 Å². The van der Waals surface area contributed by atoms with Crippen LogP contribution in [0.4, 0.5) is 0 Å². The van der Waals surface area contributed by atoms with Crippen LogP contribution in [0.2, 0.25) is 0 Å². The quantitative estimate of drug-likeness (QED) is 0.169. The number of rotatable bonds is 14. The van der Waals surface area contributed by atoms with E-state index >= 15 is 0 Å². The summed E-state index contributed by atoms with van der Waals surface area (Å²) in [6, 6.07) is 39.8. The molecule has 43 heavy (non-hydrogen) atoms. The van der Waals surface area contributed by atoms with Gasteiger partial charge in [-0.15, -0.1) is 0 Å². The molecule has 1 heterocycles. The van der Waals surface area contributed by atoms with Gasteiger partial charge in [0, 0.05) is 0 Å². The van der Waals surface area contributed by atoms with Gasteiger partial charge in [0.15, 0.2) is 0 Å². The highest BCUT2D eigenvalue weighted by molar-refractivity contribution is 5.17. The van der Waals surface area contributed by atoms with Crippen molar-refractivity contribution in [1.29, 1.82) is 0 Å². The predicted molar refractivity (Wildman–Crippen MR) is 166 cm³/mol. The van der Waals surface area contributed by atoms with Crippen LogP contribution in [-0.2, 0) is 50.1 Å². The number of aliphatic hydroxyl groups is 1. The zero-order valence-corrected chi connectivity index (χ0v) is 24.5. The molecule has 0 aromatic heterocycles. The standard InChI is InChI=1S/C37H40O6/c1-2-23-37(38)36(42-27-32-21-13-6-14-22-32)35(41-26-31-19-11-5-12-20-31)34(40-25-30-17-9-4-10-18-30)33(43-37)28-39-24-29-15-7-3-8-16-29/h2-23,33-36,38H,24-28H2,1H3/t33-,34-,35+,36+,37+/m1/s1. The van der Waals surface area contributed by atoms with E-state index in [4.69, 9.17) is 23.7 Å². The van der Waals surface area contributed by atoms with Gasteiger partial charge >= 0.3 is 0 Å². The van der Waals surface area contributed by atoms with E-state index in [0.717, 1.165) is 22.3 Å². The fraction of sp³-hybridized carbons (Fsp3) is 0.297. The first-order valence-electron chi connectivity index (χ1n) is 14.8. The summed E-state index contributed by atoms with van der Waals surface area (Å²) in [4.78, 5) is 0. The Morgan fingerprint density at radius 3 is 1.49 bits per heavy atom. The number of hydrogen-bond acceptors (Lipinski definition) is 6. The second-order valence-corrected chi connectivity index (χ2v) is 10.6. The van der Waals surface area contributed by atoms with E-state index in [1.54, 1.807) is 12.2 Å². The number of hydrogen-bond donors (Lipinski definition) is 1. The summed E-state index contributed by atoms with van der Waals surface area (Å²) >= 11 is 0. The number of ether oxygens (including phenoxy) is 5. The highest BCUT2D eigenvalue weighted by atomic mass is 16.7. The van der Waals surface area contributed by atoms with E-state index in [1.165, 1.54) is 0 Å². The molecule has 1 N–H and O–H groups in total. The van der Waals surface area contributed by atoms with Crippen LogP contribution in [0, 0.1) is 0 Å². The van der Waals surface area contributed by atoms with E-state index in [0.29, 0.717) is 19.8 Å². The molecule has 1 fully saturated rings. The largest absolute Gasteiger partial charge is 0.374 e. The van der Waals surface area contributed by atoms with Crippen LogP contribution >= 0.6 is 0 Å². The highest BCUT2D eigenvalue weighted by Crippen LogP contribution is 2.36. The average molecular weight is 581 g/mol. The lowest BCUT2D eigenvalue weighted by molar-refractivity contribution is -0.351. The highest BCUT2D eigenvalue weighted by Gasteiger charge is 2.55. The van der Waals surface area contributed by atoms with Gasteiger partial charge in [-0.1, -0.05) is 127 Å². The van der Waals surface area contributed by atoms with Crippen molar-refractivity contribution in [2.45, 2.75) is 63.6 Å². The molecule has 4 aromatic carbocycles. The van der Waals surface area contributed by atoms with E-state index in [1.807, 2.05) is 128 Å². The van der Waals surface area contributed by atoms with Crippen LogP contribution in [-0.4, -0.2) is 41.9 Å². The zero-order chi connectivity index (χ0) is 29.7. The van der Waals surface area contributed by atoms with Crippen molar-refractivity contribution < 1.29 is 28.8 Å². The lowest BCUT2D eigenvalue weighted by Crippen LogP contribution is -2.66. The first-order chi connectivity index (χ1) is 21.1. The summed E-state index contributed by atoms with van der Waals surface area (Å²) in [6.45, 7) is 3.34. The summed E-state index contributed by atoms with van der Waals surface area (Å²) in [5, 5.41) is 12.0. The van der Waals surface area contributed by atoms with Crippen LogP contribution in [0.15, 0.2) is 133 Å². The second kappa shape index (κ2) is 15.7. The molecule has 0 spiro atoms. The van der Waals surface area contributed by atoms with Gasteiger partial charge in [-0.25, -0.2) is 0 Å². The monoisotopic (exact) mass is 580 g/mol. The van der Waals surface area contributed by atoms with E-state index < -0.39 is 30.2 Å². The first-order valence-corrected chi connectivity index (χ1v) is 14.8. The third kappa shape index (κ3) is 8.71. The van der Waals surface area contributed by atoms with Gasteiger partial charge in [0.2, 0.25) is 5.79 Å². The second-order valence-electron chi connectivity index (χ2n) is 10.6. The lowest BCUT2D eigenvalue weighted by Gasteiger charge is -2.49. The molecular formula is C37H40O6. The minimum Gasteiger partial charge on any atom is -0.374 e. The topological polar surface area (TPSA) is 66.4 Å². The van der Waals surface area contributed by atoms with Crippen molar-refractivity contribution >= 4 is 0 Å². The molecule has 6 nitrogen and oxygen atoms in total. The van der Waals surface area contributed by atoms with Crippen molar-refractivity contribution in [1.82, 2.24) is 0 Å². The predicted octanol–water partition coefficient (Wildman–Crippen LogP) is 6.62. The fourth-order valence-electron chi connectivity index (χ4n) is 5.26. The van der Waals surface area contributed by atoms with Crippen LogP contribution < -0.4 is 0 Å². The zero-order valence-electron chi connectivity index (χ0n) is 24.5. The molecule has 0 aliphatic carbocycles. The van der Waals surface area contributed by atoms with Crippen LogP contribution in [0.25, 0.3) is 0 Å². The maximum Gasteiger partial charge on any atom is 0.215 e. The average Bonchev–Trinajstić information content (AvgIpc) is 3.05. The van der Waals surface area contributed by atoms with Crippen molar-refractivity contribution in [2.24, 2.45) is 0 Å². The maximum absolute atomic E-state index is 12.0. The Morgan fingerprint density at radius 2 is 1.02 bits per heavy atom. The van der Waals surface area contributed by atoms with Crippen LogP contribution in [0.5, 0.6) is 0 Å². The van der Waals surface area contributed by atoms with E-state index in [9.17, 15) is 5.11 Å². The molecule has 5 atom stereocenters. The smallest absolute Gasteiger partial charge is 0.215 e. The molecule has 0 saturated carbocycles. The van der Waals surface area contributed by atoms with Crippen molar-refractivity contribution in [3.8, 4) is 0 Å². The Morgan fingerprint density at radius 1 is 0.605 bits per heavy atom. The fourth-order valence-corrected chi connectivity index (χ4v) is 5.26. The van der Waals surface area contributed by atoms with Crippen LogP contribution in [0.1, 0.15) is 29.2 Å². The first kappa shape index (κ1) is 30.8. The summed E-state index contributed by atoms with van der Waals surface area (Å²) < 4.78 is 32.3. The number of allylic oxidation sites excluding steroid dienone is 1. The Balaban J connectivity index is 1.45. The molecule has 1 aliphatic rings. The van der Waals surface area contributed by atoms with Gasteiger partial charge in [0.1, 0.15) is 24.4 Å². The molecule has 0 amide bonds. The van der Waals surface area contributed by atoms with Crippen molar-refractivity contribution in [3.63, 3.8) is 0 Å². The minimum atomic E-state index is -1.78. The van der Waals surface area contributed by atoms with Gasteiger partial charge in [0.25, 0.3) is 0 Å². The van der Waals surface area contributed by atoms with Gasteiger partial charge in [-0.3, -0.25) is 0 Å². The SMILES string of the molecule is CC=C[C@]1(O)O[C@H](COCc2ccccc2)[C@@H](OCc2ccccc2)[C@H](OCc2ccccc2)[C@@H]1OCc1ccccc1. The van der Waals surface area contributed by atoms with Crippen LogP contribution in [0.3, 0.4) is 0 Å². The molecule has 1 aliphatic heterocycles. The molecule has 4 aromatic rings. The third-order valence-electron chi connectivity index (χ3n) is 7.38. The summed E-state index contributed by atoms with van der Waals surface area (Å²) in [7, 11) is 0.